The minimum Gasteiger partial charge on any atom is -0.394 e. The smallest absolute Gasteiger partial charge is 0.319 e. The van der Waals surface area contributed by atoms with Gasteiger partial charge in [0.1, 0.15) is 5.82 Å². The summed E-state index contributed by atoms with van der Waals surface area (Å²) in [5.41, 5.74) is 1.61. The maximum Gasteiger partial charge on any atom is 0.319 e. The van der Waals surface area contributed by atoms with Gasteiger partial charge in [0.15, 0.2) is 5.82 Å². The molecule has 3 rings (SSSR count). The summed E-state index contributed by atoms with van der Waals surface area (Å²) in [5.74, 6) is 1.85. The Kier molecular flexibility index (Phi) is 4.57. The second-order valence-corrected chi connectivity index (χ2v) is 5.66. The number of hydrogen-bond acceptors (Lipinski definition) is 4. The first-order valence-electron chi connectivity index (χ1n) is 7.92. The van der Waals surface area contributed by atoms with Crippen molar-refractivity contribution in [2.75, 3.05) is 11.9 Å². The molecule has 3 N–H and O–H groups in total. The van der Waals surface area contributed by atoms with Crippen molar-refractivity contribution in [1.29, 1.82) is 0 Å². The Bertz CT molecular complexity index is 694. The number of hydrogen-bond donors (Lipinski definition) is 3. The van der Waals surface area contributed by atoms with Gasteiger partial charge in [-0.15, -0.1) is 10.2 Å². The van der Waals surface area contributed by atoms with Crippen molar-refractivity contribution in [3.63, 3.8) is 0 Å². The largest absolute Gasteiger partial charge is 0.394 e. The topological polar surface area (TPSA) is 92.1 Å². The summed E-state index contributed by atoms with van der Waals surface area (Å²) in [6.07, 6.45) is 2.74. The fraction of sp³-hybridized carbons (Fsp3) is 0.438. The zero-order valence-corrected chi connectivity index (χ0v) is 13.1. The third-order valence-corrected chi connectivity index (χ3v) is 4.04. The zero-order valence-electron chi connectivity index (χ0n) is 13.1. The molecule has 0 saturated carbocycles. The van der Waals surface area contributed by atoms with E-state index in [4.69, 9.17) is 5.11 Å². The Balaban J connectivity index is 1.74. The Morgan fingerprint density at radius 3 is 3.09 bits per heavy atom. The Morgan fingerprint density at radius 1 is 1.43 bits per heavy atom. The lowest BCUT2D eigenvalue weighted by molar-refractivity contribution is 0.222. The van der Waals surface area contributed by atoms with E-state index in [2.05, 4.69) is 25.4 Å². The lowest BCUT2D eigenvalue weighted by atomic mass is 10.2. The van der Waals surface area contributed by atoms with E-state index < -0.39 is 0 Å². The van der Waals surface area contributed by atoms with Gasteiger partial charge in [-0.2, -0.15) is 0 Å². The van der Waals surface area contributed by atoms with Gasteiger partial charge in [-0.05, 0) is 25.0 Å². The van der Waals surface area contributed by atoms with Crippen molar-refractivity contribution < 1.29 is 9.90 Å². The van der Waals surface area contributed by atoms with Crippen molar-refractivity contribution in [1.82, 2.24) is 20.1 Å². The van der Waals surface area contributed by atoms with Gasteiger partial charge in [0.25, 0.3) is 0 Å². The van der Waals surface area contributed by atoms with Gasteiger partial charge in [0.05, 0.1) is 12.6 Å². The normalized spacial score (nSPS) is 14.3. The molecule has 0 aliphatic carbocycles. The number of nitrogens with one attached hydrogen (secondary N) is 2. The van der Waals surface area contributed by atoms with Crippen LogP contribution in [0.3, 0.4) is 0 Å². The van der Waals surface area contributed by atoms with Gasteiger partial charge in [0, 0.05) is 24.2 Å². The number of aryl methyl sites for hydroxylation is 1. The molecule has 23 heavy (non-hydrogen) atoms. The van der Waals surface area contributed by atoms with Crippen LogP contribution in [-0.4, -0.2) is 38.6 Å². The van der Waals surface area contributed by atoms with Crippen molar-refractivity contribution in [2.45, 2.75) is 38.8 Å². The fourth-order valence-corrected chi connectivity index (χ4v) is 2.73. The summed E-state index contributed by atoms with van der Waals surface area (Å²) in [7, 11) is 0. The maximum absolute atomic E-state index is 12.0. The highest BCUT2D eigenvalue weighted by Crippen LogP contribution is 2.25. The van der Waals surface area contributed by atoms with Crippen LogP contribution in [0.25, 0.3) is 11.4 Å². The summed E-state index contributed by atoms with van der Waals surface area (Å²) < 4.78 is 2.12. The Labute approximate surface area is 134 Å². The Hall–Kier alpha value is -2.41. The van der Waals surface area contributed by atoms with E-state index in [1.807, 2.05) is 31.2 Å². The first-order valence-corrected chi connectivity index (χ1v) is 7.92. The first-order chi connectivity index (χ1) is 11.2. The number of nitrogens with zero attached hydrogens (tertiary/aromatic N) is 3. The van der Waals surface area contributed by atoms with E-state index in [1.165, 1.54) is 0 Å². The van der Waals surface area contributed by atoms with E-state index >= 15 is 0 Å². The van der Waals surface area contributed by atoms with E-state index in [0.29, 0.717) is 12.1 Å². The van der Waals surface area contributed by atoms with Crippen LogP contribution in [0.2, 0.25) is 0 Å². The van der Waals surface area contributed by atoms with Gasteiger partial charge in [0.2, 0.25) is 0 Å². The highest BCUT2D eigenvalue weighted by atomic mass is 16.3. The Morgan fingerprint density at radius 2 is 2.30 bits per heavy atom. The van der Waals surface area contributed by atoms with Gasteiger partial charge in [-0.25, -0.2) is 4.79 Å². The monoisotopic (exact) mass is 315 g/mol. The number of aliphatic hydroxyl groups excluding tert-OH is 1. The van der Waals surface area contributed by atoms with Crippen LogP contribution in [0.1, 0.15) is 25.6 Å². The number of anilines is 1. The third kappa shape index (κ3) is 3.34. The second-order valence-electron chi connectivity index (χ2n) is 5.66. The quantitative estimate of drug-likeness (QED) is 0.784. The lowest BCUT2D eigenvalue weighted by Crippen LogP contribution is -2.39. The summed E-state index contributed by atoms with van der Waals surface area (Å²) in [6.45, 7) is 2.77. The summed E-state index contributed by atoms with van der Waals surface area (Å²) in [4.78, 5) is 12.0. The van der Waals surface area contributed by atoms with Crippen molar-refractivity contribution in [3.8, 4) is 11.4 Å². The van der Waals surface area contributed by atoms with Crippen LogP contribution in [-0.2, 0) is 13.0 Å². The van der Waals surface area contributed by atoms with Crippen LogP contribution in [0, 0.1) is 0 Å². The second kappa shape index (κ2) is 6.78. The van der Waals surface area contributed by atoms with Gasteiger partial charge in [-0.1, -0.05) is 19.1 Å². The highest BCUT2D eigenvalue weighted by Gasteiger charge is 2.18. The first kappa shape index (κ1) is 15.5. The van der Waals surface area contributed by atoms with Crippen LogP contribution in [0.15, 0.2) is 24.3 Å². The van der Waals surface area contributed by atoms with Gasteiger partial charge < -0.3 is 20.3 Å². The van der Waals surface area contributed by atoms with E-state index in [0.717, 1.165) is 36.6 Å². The van der Waals surface area contributed by atoms with Crippen molar-refractivity contribution >= 4 is 11.7 Å². The van der Waals surface area contributed by atoms with Crippen molar-refractivity contribution in [2.24, 2.45) is 0 Å². The fourth-order valence-electron chi connectivity index (χ4n) is 2.73. The molecule has 1 aliphatic heterocycles. The summed E-state index contributed by atoms with van der Waals surface area (Å²) in [6, 6.07) is 6.98. The number of fused-ring (bicyclic) bond motifs is 1. The van der Waals surface area contributed by atoms with E-state index in [1.54, 1.807) is 0 Å². The number of rotatable bonds is 5. The molecule has 0 saturated heterocycles. The van der Waals surface area contributed by atoms with Crippen LogP contribution >= 0.6 is 0 Å². The maximum atomic E-state index is 12.0. The number of carbonyl (C=O) groups is 1. The molecule has 0 bridgehead atoms. The average Bonchev–Trinajstić information content (AvgIpc) is 3.16. The minimum atomic E-state index is -0.325. The summed E-state index contributed by atoms with van der Waals surface area (Å²) in [5, 5.41) is 23.1. The molecular formula is C16H21N5O2. The number of benzene rings is 1. The molecule has 1 aliphatic rings. The number of aromatic nitrogens is 3. The molecule has 7 heteroatoms. The molecule has 2 amide bonds. The van der Waals surface area contributed by atoms with Crippen LogP contribution in [0.4, 0.5) is 10.5 Å². The molecule has 122 valence electrons. The van der Waals surface area contributed by atoms with E-state index in [-0.39, 0.29) is 18.7 Å². The molecule has 1 aromatic carbocycles. The van der Waals surface area contributed by atoms with Gasteiger partial charge in [-0.3, -0.25) is 0 Å². The number of carbonyl (C=O) groups excluding carboxylic acids is 1. The highest BCUT2D eigenvalue weighted by molar-refractivity contribution is 5.90. The molecule has 1 aromatic heterocycles. The molecule has 1 atom stereocenters. The molecule has 0 fully saturated rings. The molecule has 7 nitrogen and oxygen atoms in total. The van der Waals surface area contributed by atoms with Crippen LogP contribution < -0.4 is 10.6 Å². The predicted octanol–water partition coefficient (Wildman–Crippen LogP) is 1.78. The molecular weight excluding hydrogens is 294 g/mol. The molecule has 0 spiro atoms. The molecule has 0 radical (unpaired) electrons. The number of amides is 2. The standard InChI is InChI=1S/C16H21N5O2/c1-2-12(10-22)17-16(23)18-13-6-3-5-11(9-13)15-20-19-14-7-4-8-21(14)15/h3,5-6,9,12,22H,2,4,7-8,10H2,1H3,(H2,17,18,23). The van der Waals surface area contributed by atoms with Crippen molar-refractivity contribution in [3.05, 3.63) is 30.1 Å². The summed E-state index contributed by atoms with van der Waals surface area (Å²) >= 11 is 0. The SMILES string of the molecule is CCC(CO)NC(=O)Nc1cccc(-c2nnc3n2CCC3)c1. The third-order valence-electron chi connectivity index (χ3n) is 4.04. The van der Waals surface area contributed by atoms with Crippen LogP contribution in [0.5, 0.6) is 0 Å². The zero-order chi connectivity index (χ0) is 16.2. The molecule has 2 aromatic rings. The average molecular weight is 315 g/mol. The molecule has 1 unspecified atom stereocenters. The van der Waals surface area contributed by atoms with E-state index in [9.17, 15) is 4.79 Å². The minimum absolute atomic E-state index is 0.0736. The van der Waals surface area contributed by atoms with Gasteiger partial charge >= 0.3 is 6.03 Å². The number of urea groups is 1. The lowest BCUT2D eigenvalue weighted by Gasteiger charge is -2.15. The number of aliphatic hydroxyl groups is 1. The predicted molar refractivity (Wildman–Crippen MR) is 87.1 cm³/mol. The molecule has 2 heterocycles.